The van der Waals surface area contributed by atoms with Crippen LogP contribution >= 0.6 is 0 Å². The highest BCUT2D eigenvalue weighted by molar-refractivity contribution is 6.04. The maximum absolute atomic E-state index is 13.4. The molecule has 1 unspecified atom stereocenters. The van der Waals surface area contributed by atoms with Crippen molar-refractivity contribution in [1.82, 2.24) is 15.1 Å². The monoisotopic (exact) mass is 481 g/mol. The highest BCUT2D eigenvalue weighted by Crippen LogP contribution is 2.36. The summed E-state index contributed by atoms with van der Waals surface area (Å²) in [6.07, 6.45) is -4.09. The van der Waals surface area contributed by atoms with E-state index in [0.29, 0.717) is 30.0 Å². The van der Waals surface area contributed by atoms with E-state index in [2.05, 4.69) is 15.5 Å². The number of aromatic nitrogens is 2. The number of anilines is 2. The number of hydrogen-bond donors (Lipinski definition) is 1. The van der Waals surface area contributed by atoms with Gasteiger partial charge in [-0.15, -0.1) is 10.2 Å². The number of halogens is 3. The minimum absolute atomic E-state index is 0.152. The summed E-state index contributed by atoms with van der Waals surface area (Å²) in [5.74, 6) is -0.347. The number of carbonyl (C=O) groups excluding carboxylic acids is 2. The summed E-state index contributed by atoms with van der Waals surface area (Å²) >= 11 is 0. The van der Waals surface area contributed by atoms with E-state index in [1.807, 2.05) is 30.0 Å². The Balaban J connectivity index is 1.35. The van der Waals surface area contributed by atoms with Gasteiger partial charge in [0.05, 0.1) is 17.2 Å². The molecule has 3 heterocycles. The van der Waals surface area contributed by atoms with Gasteiger partial charge in [0, 0.05) is 30.9 Å². The van der Waals surface area contributed by atoms with Crippen LogP contribution in [0.15, 0.2) is 54.6 Å². The third-order valence-electron chi connectivity index (χ3n) is 6.51. The fourth-order valence-electron chi connectivity index (χ4n) is 4.76. The van der Waals surface area contributed by atoms with Crippen molar-refractivity contribution in [3.8, 4) is 0 Å². The fourth-order valence-corrected chi connectivity index (χ4v) is 4.76. The summed E-state index contributed by atoms with van der Waals surface area (Å²) in [7, 11) is 0. The van der Waals surface area contributed by atoms with E-state index in [1.54, 1.807) is 12.1 Å². The zero-order valence-electron chi connectivity index (χ0n) is 18.8. The second kappa shape index (κ2) is 8.68. The largest absolute Gasteiger partial charge is 0.417 e. The minimum Gasteiger partial charge on any atom is -0.348 e. The van der Waals surface area contributed by atoms with Gasteiger partial charge in [-0.25, -0.2) is 0 Å². The molecular weight excluding hydrogens is 459 g/mol. The number of hydrogen-bond acceptors (Lipinski definition) is 5. The summed E-state index contributed by atoms with van der Waals surface area (Å²) in [6, 6.07) is 13.7. The molecule has 1 fully saturated rings. The average molecular weight is 481 g/mol. The Labute approximate surface area is 199 Å². The summed E-state index contributed by atoms with van der Waals surface area (Å²) in [5.41, 5.74) is 1.16. The molecule has 35 heavy (non-hydrogen) atoms. The van der Waals surface area contributed by atoms with Crippen molar-refractivity contribution < 1.29 is 22.8 Å². The van der Waals surface area contributed by atoms with Gasteiger partial charge >= 0.3 is 6.18 Å². The van der Waals surface area contributed by atoms with Gasteiger partial charge in [-0.3, -0.25) is 9.59 Å². The second-order valence-electron chi connectivity index (χ2n) is 8.64. The van der Waals surface area contributed by atoms with Crippen LogP contribution in [0.3, 0.4) is 0 Å². The third-order valence-corrected chi connectivity index (χ3v) is 6.51. The number of fused-ring (bicyclic) bond motifs is 3. The maximum atomic E-state index is 13.4. The topological polar surface area (TPSA) is 78.4 Å². The first-order chi connectivity index (χ1) is 16.7. The van der Waals surface area contributed by atoms with Gasteiger partial charge in [-0.2, -0.15) is 13.2 Å². The van der Waals surface area contributed by atoms with Crippen molar-refractivity contribution in [3.05, 3.63) is 82.5 Å². The van der Waals surface area contributed by atoms with Crippen LogP contribution in [0.1, 0.15) is 37.5 Å². The molecule has 0 radical (unpaired) electrons. The lowest BCUT2D eigenvalue weighted by molar-refractivity contribution is -0.138. The normalized spacial score (nSPS) is 17.1. The third kappa shape index (κ3) is 4.20. The van der Waals surface area contributed by atoms with E-state index in [-0.39, 0.29) is 36.3 Å². The summed E-state index contributed by atoms with van der Waals surface area (Å²) in [5, 5.41) is 11.3. The first kappa shape index (κ1) is 22.8. The highest BCUT2D eigenvalue weighted by atomic mass is 19.4. The number of alkyl halides is 3. The summed E-state index contributed by atoms with van der Waals surface area (Å²) in [6.45, 7) is 2.75. The molecule has 2 aromatic carbocycles. The van der Waals surface area contributed by atoms with E-state index in [4.69, 9.17) is 0 Å². The molecule has 0 saturated carbocycles. The van der Waals surface area contributed by atoms with E-state index >= 15 is 0 Å². The summed E-state index contributed by atoms with van der Waals surface area (Å²) in [4.78, 5) is 29.3. The lowest BCUT2D eigenvalue weighted by atomic mass is 10.0. The molecule has 1 saturated heterocycles. The SMILES string of the molecule is Cc1c(C(=O)Nc2ccccc2)nnc2c1CC1CN(C(=O)c3ccccc3C(F)(F)F)CCN21. The molecule has 0 spiro atoms. The Morgan fingerprint density at radius 3 is 2.46 bits per heavy atom. The molecule has 2 aliphatic rings. The van der Waals surface area contributed by atoms with Crippen molar-refractivity contribution in [2.75, 3.05) is 29.9 Å². The first-order valence-electron chi connectivity index (χ1n) is 11.2. The van der Waals surface area contributed by atoms with Gasteiger partial charge in [0.25, 0.3) is 11.8 Å². The van der Waals surface area contributed by atoms with Crippen molar-refractivity contribution in [2.45, 2.75) is 25.6 Å². The van der Waals surface area contributed by atoms with Gasteiger partial charge < -0.3 is 15.1 Å². The van der Waals surface area contributed by atoms with Crippen LogP contribution in [0, 0.1) is 6.92 Å². The van der Waals surface area contributed by atoms with E-state index in [0.717, 1.165) is 11.6 Å². The maximum Gasteiger partial charge on any atom is 0.417 e. The quantitative estimate of drug-likeness (QED) is 0.613. The average Bonchev–Trinajstić information content (AvgIpc) is 3.22. The van der Waals surface area contributed by atoms with E-state index in [9.17, 15) is 22.8 Å². The van der Waals surface area contributed by atoms with Crippen LogP contribution < -0.4 is 10.2 Å². The molecule has 3 aromatic rings. The summed E-state index contributed by atoms with van der Waals surface area (Å²) < 4.78 is 40.3. The lowest BCUT2D eigenvalue weighted by Crippen LogP contribution is -2.54. The number of amides is 2. The van der Waals surface area contributed by atoms with Crippen LogP contribution in [0.5, 0.6) is 0 Å². The number of benzene rings is 2. The van der Waals surface area contributed by atoms with Crippen LogP contribution in [0.25, 0.3) is 0 Å². The molecular formula is C25H22F3N5O2. The van der Waals surface area contributed by atoms with Gasteiger partial charge in [-0.1, -0.05) is 30.3 Å². The zero-order valence-corrected chi connectivity index (χ0v) is 18.8. The van der Waals surface area contributed by atoms with Crippen LogP contribution in [0.2, 0.25) is 0 Å². The number of nitrogens with zero attached hydrogens (tertiary/aromatic N) is 4. The number of rotatable bonds is 3. The van der Waals surface area contributed by atoms with Gasteiger partial charge in [0.15, 0.2) is 11.5 Å². The van der Waals surface area contributed by atoms with Crippen molar-refractivity contribution in [3.63, 3.8) is 0 Å². The molecule has 1 aromatic heterocycles. The Morgan fingerprint density at radius 1 is 1.00 bits per heavy atom. The lowest BCUT2D eigenvalue weighted by Gasteiger charge is -2.38. The molecule has 2 aliphatic heterocycles. The smallest absolute Gasteiger partial charge is 0.348 e. The Kier molecular flexibility index (Phi) is 5.66. The van der Waals surface area contributed by atoms with E-state index in [1.165, 1.54) is 23.1 Å². The molecule has 7 nitrogen and oxygen atoms in total. The molecule has 5 rings (SSSR count). The fraction of sp³-hybridized carbons (Fsp3) is 0.280. The Hall–Kier alpha value is -3.95. The number of carbonyl (C=O) groups is 2. The van der Waals surface area contributed by atoms with Gasteiger partial charge in [0.2, 0.25) is 0 Å². The zero-order chi connectivity index (χ0) is 24.7. The van der Waals surface area contributed by atoms with Crippen LogP contribution in [0.4, 0.5) is 24.7 Å². The number of piperazine rings is 1. The second-order valence-corrected chi connectivity index (χ2v) is 8.64. The number of nitrogens with one attached hydrogen (secondary N) is 1. The molecule has 180 valence electrons. The predicted molar refractivity (Wildman–Crippen MR) is 123 cm³/mol. The number of para-hydroxylation sites is 1. The van der Waals surface area contributed by atoms with Crippen molar-refractivity contribution >= 4 is 23.3 Å². The molecule has 0 aliphatic carbocycles. The predicted octanol–water partition coefficient (Wildman–Crippen LogP) is 3.94. The minimum atomic E-state index is -4.61. The Bertz CT molecular complexity index is 1300. The molecule has 0 bridgehead atoms. The van der Waals surface area contributed by atoms with Gasteiger partial charge in [-0.05, 0) is 43.2 Å². The molecule has 1 N–H and O–H groups in total. The van der Waals surface area contributed by atoms with E-state index < -0.39 is 17.6 Å². The molecule has 2 amide bonds. The van der Waals surface area contributed by atoms with Crippen LogP contribution in [-0.4, -0.2) is 52.6 Å². The Morgan fingerprint density at radius 2 is 1.71 bits per heavy atom. The standard InChI is InChI=1S/C25H22F3N5O2/c1-15-19-13-17-14-32(24(35)18-9-5-6-10-20(18)25(26,27)28)11-12-33(17)22(19)31-30-21(15)23(34)29-16-7-3-2-4-8-16/h2-10,17H,11-14H2,1H3,(H,29,34). The molecule has 10 heteroatoms. The van der Waals surface area contributed by atoms with Crippen molar-refractivity contribution in [2.24, 2.45) is 0 Å². The van der Waals surface area contributed by atoms with Crippen molar-refractivity contribution in [1.29, 1.82) is 0 Å². The first-order valence-corrected chi connectivity index (χ1v) is 11.2. The van der Waals surface area contributed by atoms with Crippen LogP contribution in [-0.2, 0) is 12.6 Å². The highest BCUT2D eigenvalue weighted by Gasteiger charge is 2.41. The van der Waals surface area contributed by atoms with Gasteiger partial charge in [0.1, 0.15) is 0 Å². The molecule has 1 atom stereocenters.